The van der Waals surface area contributed by atoms with Gasteiger partial charge in [-0.3, -0.25) is 4.79 Å². The first-order valence-corrected chi connectivity index (χ1v) is 6.35. The van der Waals surface area contributed by atoms with Crippen molar-refractivity contribution in [1.82, 2.24) is 0 Å². The Kier molecular flexibility index (Phi) is 4.48. The molecule has 0 heterocycles. The van der Waals surface area contributed by atoms with E-state index in [4.69, 9.17) is 22.1 Å². The molecule has 5 heteroatoms. The SMILES string of the molecule is COC(=O)Cc1ccc(Oc2c(N)cccc2Cl)cc1. The third-order valence-corrected chi connectivity index (χ3v) is 3.01. The van der Waals surface area contributed by atoms with Crippen molar-refractivity contribution >= 4 is 23.3 Å². The molecular weight excluding hydrogens is 278 g/mol. The van der Waals surface area contributed by atoms with E-state index in [0.29, 0.717) is 22.2 Å². The van der Waals surface area contributed by atoms with Gasteiger partial charge in [0.15, 0.2) is 5.75 Å². The standard InChI is InChI=1S/C15H14ClNO3/c1-19-14(18)9-10-5-7-11(8-6-10)20-15-12(16)3-2-4-13(15)17/h2-8H,9,17H2,1H3. The Labute approximate surface area is 122 Å². The van der Waals surface area contributed by atoms with Gasteiger partial charge in [0.25, 0.3) is 0 Å². The smallest absolute Gasteiger partial charge is 0.309 e. The predicted octanol–water partition coefficient (Wildman–Crippen LogP) is 3.43. The number of carbonyl (C=O) groups is 1. The van der Waals surface area contributed by atoms with Crippen LogP contribution in [0.15, 0.2) is 42.5 Å². The van der Waals surface area contributed by atoms with Crippen molar-refractivity contribution in [3.05, 3.63) is 53.1 Å². The summed E-state index contributed by atoms with van der Waals surface area (Å²) in [6.07, 6.45) is 0.227. The third kappa shape index (κ3) is 3.42. The lowest BCUT2D eigenvalue weighted by molar-refractivity contribution is -0.139. The Balaban J connectivity index is 2.13. The van der Waals surface area contributed by atoms with Gasteiger partial charge in [0.1, 0.15) is 5.75 Å². The Morgan fingerprint density at radius 2 is 1.90 bits per heavy atom. The van der Waals surface area contributed by atoms with Gasteiger partial charge in [-0.15, -0.1) is 0 Å². The minimum atomic E-state index is -0.283. The van der Waals surface area contributed by atoms with Gasteiger partial charge in [-0.25, -0.2) is 0 Å². The molecule has 2 aromatic rings. The first-order valence-electron chi connectivity index (χ1n) is 5.97. The number of hydrogen-bond donors (Lipinski definition) is 1. The first-order chi connectivity index (χ1) is 9.60. The fourth-order valence-corrected chi connectivity index (χ4v) is 1.89. The van der Waals surface area contributed by atoms with Gasteiger partial charge in [-0.05, 0) is 29.8 Å². The van der Waals surface area contributed by atoms with Crippen LogP contribution in [0.5, 0.6) is 11.5 Å². The molecule has 0 spiro atoms. The lowest BCUT2D eigenvalue weighted by Crippen LogP contribution is -2.04. The second-order valence-electron chi connectivity index (χ2n) is 4.16. The molecular formula is C15H14ClNO3. The largest absolute Gasteiger partial charge is 0.469 e. The number of hydrogen-bond acceptors (Lipinski definition) is 4. The van der Waals surface area contributed by atoms with Crippen molar-refractivity contribution in [2.45, 2.75) is 6.42 Å². The van der Waals surface area contributed by atoms with Crippen LogP contribution in [0.4, 0.5) is 5.69 Å². The topological polar surface area (TPSA) is 61.5 Å². The zero-order valence-corrected chi connectivity index (χ0v) is 11.7. The molecule has 2 aromatic carbocycles. The number of methoxy groups -OCH3 is 1. The average Bonchev–Trinajstić information content (AvgIpc) is 2.44. The van der Waals surface area contributed by atoms with Crippen molar-refractivity contribution < 1.29 is 14.3 Å². The molecule has 0 unspecified atom stereocenters. The number of anilines is 1. The molecule has 0 fully saturated rings. The Morgan fingerprint density at radius 1 is 1.20 bits per heavy atom. The van der Waals surface area contributed by atoms with Crippen LogP contribution in [0, 0.1) is 0 Å². The highest BCUT2D eigenvalue weighted by molar-refractivity contribution is 6.32. The fourth-order valence-electron chi connectivity index (χ4n) is 1.67. The maximum atomic E-state index is 11.2. The molecule has 0 atom stereocenters. The number of carbonyl (C=O) groups excluding carboxylic acids is 1. The van der Waals surface area contributed by atoms with Crippen LogP contribution in [-0.4, -0.2) is 13.1 Å². The Hall–Kier alpha value is -2.20. The van der Waals surface area contributed by atoms with Gasteiger partial charge in [-0.2, -0.15) is 0 Å². The van der Waals surface area contributed by atoms with Gasteiger partial charge in [-0.1, -0.05) is 29.8 Å². The van der Waals surface area contributed by atoms with Crippen LogP contribution < -0.4 is 10.5 Å². The van der Waals surface area contributed by atoms with Crippen molar-refractivity contribution in [2.75, 3.05) is 12.8 Å². The summed E-state index contributed by atoms with van der Waals surface area (Å²) in [5, 5.41) is 0.448. The summed E-state index contributed by atoms with van der Waals surface area (Å²) in [7, 11) is 1.36. The highest BCUT2D eigenvalue weighted by Crippen LogP contribution is 2.34. The van der Waals surface area contributed by atoms with E-state index in [1.165, 1.54) is 7.11 Å². The molecule has 20 heavy (non-hydrogen) atoms. The maximum Gasteiger partial charge on any atom is 0.309 e. The summed E-state index contributed by atoms with van der Waals surface area (Å²) in [6, 6.07) is 12.3. The van der Waals surface area contributed by atoms with Crippen LogP contribution in [0.3, 0.4) is 0 Å². The number of halogens is 1. The molecule has 2 rings (SSSR count). The highest BCUT2D eigenvalue weighted by atomic mass is 35.5. The predicted molar refractivity (Wildman–Crippen MR) is 78.1 cm³/mol. The number of nitrogens with two attached hydrogens (primary N) is 1. The zero-order valence-electron chi connectivity index (χ0n) is 10.9. The van der Waals surface area contributed by atoms with Crippen LogP contribution in [0.25, 0.3) is 0 Å². The van der Waals surface area contributed by atoms with E-state index in [9.17, 15) is 4.79 Å². The molecule has 2 N–H and O–H groups in total. The van der Waals surface area contributed by atoms with Crippen molar-refractivity contribution in [3.63, 3.8) is 0 Å². The molecule has 0 aromatic heterocycles. The van der Waals surface area contributed by atoms with E-state index < -0.39 is 0 Å². The van der Waals surface area contributed by atoms with Gasteiger partial charge in [0.05, 0.1) is 24.2 Å². The van der Waals surface area contributed by atoms with E-state index in [1.807, 2.05) is 0 Å². The quantitative estimate of drug-likeness (QED) is 0.692. The van der Waals surface area contributed by atoms with E-state index in [-0.39, 0.29) is 12.4 Å². The molecule has 0 radical (unpaired) electrons. The Morgan fingerprint density at radius 3 is 2.50 bits per heavy atom. The fraction of sp³-hybridized carbons (Fsp3) is 0.133. The lowest BCUT2D eigenvalue weighted by atomic mass is 10.1. The van der Waals surface area contributed by atoms with Crippen molar-refractivity contribution in [1.29, 1.82) is 0 Å². The first kappa shape index (κ1) is 14.2. The van der Waals surface area contributed by atoms with Crippen LogP contribution in [-0.2, 0) is 16.0 Å². The molecule has 0 aliphatic carbocycles. The second kappa shape index (κ2) is 6.30. The van der Waals surface area contributed by atoms with E-state index >= 15 is 0 Å². The van der Waals surface area contributed by atoms with Gasteiger partial charge >= 0.3 is 5.97 Å². The maximum absolute atomic E-state index is 11.2. The van der Waals surface area contributed by atoms with E-state index in [0.717, 1.165) is 5.56 Å². The summed E-state index contributed by atoms with van der Waals surface area (Å²) >= 11 is 6.03. The number of rotatable bonds is 4. The zero-order chi connectivity index (χ0) is 14.5. The molecule has 0 aliphatic rings. The van der Waals surface area contributed by atoms with Crippen LogP contribution in [0.2, 0.25) is 5.02 Å². The molecule has 4 nitrogen and oxygen atoms in total. The van der Waals surface area contributed by atoms with Crippen molar-refractivity contribution in [2.24, 2.45) is 0 Å². The number of nitrogen functional groups attached to an aromatic ring is 1. The number of ether oxygens (including phenoxy) is 2. The summed E-state index contributed by atoms with van der Waals surface area (Å²) < 4.78 is 10.3. The van der Waals surface area contributed by atoms with Gasteiger partial charge < -0.3 is 15.2 Å². The monoisotopic (exact) mass is 291 g/mol. The van der Waals surface area contributed by atoms with Crippen LogP contribution in [0.1, 0.15) is 5.56 Å². The summed E-state index contributed by atoms with van der Waals surface area (Å²) in [5.41, 5.74) is 7.12. The highest BCUT2D eigenvalue weighted by Gasteiger charge is 2.08. The molecule has 0 saturated carbocycles. The summed E-state index contributed by atoms with van der Waals surface area (Å²) in [6.45, 7) is 0. The number of esters is 1. The lowest BCUT2D eigenvalue weighted by Gasteiger charge is -2.10. The number of benzene rings is 2. The molecule has 0 aliphatic heterocycles. The Bertz CT molecular complexity index is 591. The van der Waals surface area contributed by atoms with Crippen LogP contribution >= 0.6 is 11.6 Å². The summed E-state index contributed by atoms with van der Waals surface area (Å²) in [5.74, 6) is 0.738. The van der Waals surface area contributed by atoms with E-state index in [1.54, 1.807) is 42.5 Å². The molecule has 104 valence electrons. The van der Waals surface area contributed by atoms with Gasteiger partial charge in [0.2, 0.25) is 0 Å². The second-order valence-corrected chi connectivity index (χ2v) is 4.56. The van der Waals surface area contributed by atoms with E-state index in [2.05, 4.69) is 4.74 Å². The average molecular weight is 292 g/mol. The molecule has 0 saturated heterocycles. The molecule has 0 amide bonds. The molecule has 0 bridgehead atoms. The summed E-state index contributed by atoms with van der Waals surface area (Å²) in [4.78, 5) is 11.2. The third-order valence-electron chi connectivity index (χ3n) is 2.72. The number of para-hydroxylation sites is 1. The minimum absolute atomic E-state index is 0.227. The van der Waals surface area contributed by atoms with Gasteiger partial charge in [0, 0.05) is 0 Å². The van der Waals surface area contributed by atoms with Crippen molar-refractivity contribution in [3.8, 4) is 11.5 Å². The normalized spacial score (nSPS) is 10.1. The minimum Gasteiger partial charge on any atom is -0.469 e.